The number of benzene rings is 3. The highest BCUT2D eigenvalue weighted by Crippen LogP contribution is 2.36. The number of rotatable bonds is 5. The van der Waals surface area contributed by atoms with Crippen LogP contribution in [0.4, 0.5) is 11.4 Å². The van der Waals surface area contributed by atoms with Crippen LogP contribution in [0.2, 0.25) is 5.02 Å². The van der Waals surface area contributed by atoms with Crippen LogP contribution in [0.25, 0.3) is 10.9 Å². The molecule has 4 rings (SSSR count). The van der Waals surface area contributed by atoms with Crippen molar-refractivity contribution in [3.8, 4) is 5.75 Å². The Morgan fingerprint density at radius 3 is 2.38 bits per heavy atom. The molecular formula is C22H17ClN2O3S. The predicted octanol–water partition coefficient (Wildman–Crippen LogP) is 5.47. The number of methoxy groups -OCH3 is 1. The number of sulfone groups is 1. The average molecular weight is 425 g/mol. The van der Waals surface area contributed by atoms with Gasteiger partial charge in [-0.15, -0.1) is 0 Å². The Hall–Kier alpha value is -3.09. The molecule has 1 aromatic heterocycles. The monoisotopic (exact) mass is 424 g/mol. The lowest BCUT2D eigenvalue weighted by Crippen LogP contribution is -2.07. The van der Waals surface area contributed by atoms with Crippen LogP contribution in [-0.2, 0) is 9.84 Å². The molecule has 3 aromatic carbocycles. The van der Waals surface area contributed by atoms with Gasteiger partial charge in [0.05, 0.1) is 23.2 Å². The summed E-state index contributed by atoms with van der Waals surface area (Å²) in [5, 5.41) is 4.46. The molecule has 0 saturated carbocycles. The number of nitrogens with one attached hydrogen (secondary N) is 1. The second-order valence-corrected chi connectivity index (χ2v) is 8.68. The third kappa shape index (κ3) is 3.77. The molecule has 0 atom stereocenters. The van der Waals surface area contributed by atoms with E-state index >= 15 is 0 Å². The molecule has 0 radical (unpaired) electrons. The maximum Gasteiger partial charge on any atom is 0.210 e. The Labute approximate surface area is 173 Å². The van der Waals surface area contributed by atoms with Crippen LogP contribution in [0, 0.1) is 0 Å². The van der Waals surface area contributed by atoms with Crippen molar-refractivity contribution in [2.24, 2.45) is 0 Å². The van der Waals surface area contributed by atoms with Crippen LogP contribution < -0.4 is 10.1 Å². The molecule has 7 heteroatoms. The Morgan fingerprint density at radius 2 is 1.69 bits per heavy atom. The molecule has 1 heterocycles. The van der Waals surface area contributed by atoms with Crippen molar-refractivity contribution in [1.82, 2.24) is 4.98 Å². The molecule has 5 nitrogen and oxygen atoms in total. The first-order chi connectivity index (χ1) is 14.0. The highest BCUT2D eigenvalue weighted by Gasteiger charge is 2.24. The van der Waals surface area contributed by atoms with E-state index in [1.807, 2.05) is 0 Å². The molecule has 0 amide bonds. The number of hydrogen-bond acceptors (Lipinski definition) is 5. The Morgan fingerprint density at radius 1 is 0.966 bits per heavy atom. The zero-order valence-electron chi connectivity index (χ0n) is 15.5. The van der Waals surface area contributed by atoms with E-state index in [-0.39, 0.29) is 9.79 Å². The number of anilines is 2. The Bertz CT molecular complexity index is 1270. The molecule has 0 aliphatic carbocycles. The third-order valence-corrected chi connectivity index (χ3v) is 6.53. The molecule has 1 N–H and O–H groups in total. The first-order valence-corrected chi connectivity index (χ1v) is 10.6. The number of fused-ring (bicyclic) bond motifs is 1. The van der Waals surface area contributed by atoms with Gasteiger partial charge in [-0.1, -0.05) is 29.8 Å². The van der Waals surface area contributed by atoms with E-state index in [1.54, 1.807) is 79.9 Å². The molecule has 4 aromatic rings. The van der Waals surface area contributed by atoms with Gasteiger partial charge in [-0.3, -0.25) is 4.98 Å². The van der Waals surface area contributed by atoms with Gasteiger partial charge in [-0.25, -0.2) is 8.42 Å². The fraction of sp³-hybridized carbons (Fsp3) is 0.0455. The summed E-state index contributed by atoms with van der Waals surface area (Å²) in [6.07, 6.45) is 1.38. The minimum atomic E-state index is -3.80. The lowest BCUT2D eigenvalue weighted by atomic mass is 10.1. The van der Waals surface area contributed by atoms with E-state index in [1.165, 1.54) is 6.20 Å². The lowest BCUT2D eigenvalue weighted by molar-refractivity contribution is 0.415. The van der Waals surface area contributed by atoms with Crippen molar-refractivity contribution in [1.29, 1.82) is 0 Å². The maximum atomic E-state index is 13.4. The summed E-state index contributed by atoms with van der Waals surface area (Å²) < 4.78 is 32.1. The number of ether oxygens (including phenoxy) is 1. The number of pyridine rings is 1. The first-order valence-electron chi connectivity index (χ1n) is 8.78. The van der Waals surface area contributed by atoms with E-state index in [4.69, 9.17) is 16.3 Å². The molecule has 0 unspecified atom stereocenters. The number of nitrogens with zero attached hydrogens (tertiary/aromatic N) is 1. The standard InChI is InChI=1S/C22H17ClN2O3S/c1-28-17-11-12-20-19(13-17)22(25-16-9-7-15(23)8-10-16)21(14-24-20)29(26,27)18-5-3-2-4-6-18/h2-14H,1H3,(H,24,25). The van der Waals surface area contributed by atoms with Gasteiger partial charge in [0.2, 0.25) is 9.84 Å². The number of hydrogen-bond donors (Lipinski definition) is 1. The average Bonchev–Trinajstić information content (AvgIpc) is 2.75. The predicted molar refractivity (Wildman–Crippen MR) is 115 cm³/mol. The van der Waals surface area contributed by atoms with Crippen molar-refractivity contribution < 1.29 is 13.2 Å². The van der Waals surface area contributed by atoms with Gasteiger partial charge in [-0.05, 0) is 54.6 Å². The zero-order valence-corrected chi connectivity index (χ0v) is 17.0. The normalized spacial score (nSPS) is 11.4. The molecule has 0 saturated heterocycles. The summed E-state index contributed by atoms with van der Waals surface area (Å²) in [7, 11) is -2.24. The summed E-state index contributed by atoms with van der Waals surface area (Å²) in [5.41, 5.74) is 1.78. The fourth-order valence-corrected chi connectivity index (χ4v) is 4.53. The van der Waals surface area contributed by atoms with Crippen molar-refractivity contribution in [3.63, 3.8) is 0 Å². The lowest BCUT2D eigenvalue weighted by Gasteiger charge is -2.16. The van der Waals surface area contributed by atoms with Crippen LogP contribution in [0.1, 0.15) is 0 Å². The summed E-state index contributed by atoms with van der Waals surface area (Å²) in [5.74, 6) is 0.604. The molecule has 146 valence electrons. The van der Waals surface area contributed by atoms with E-state index in [0.717, 1.165) is 0 Å². The van der Waals surface area contributed by atoms with E-state index < -0.39 is 9.84 Å². The fourth-order valence-electron chi connectivity index (χ4n) is 3.02. The van der Waals surface area contributed by atoms with Gasteiger partial charge in [0.25, 0.3) is 0 Å². The zero-order chi connectivity index (χ0) is 20.4. The van der Waals surface area contributed by atoms with Gasteiger partial charge in [0, 0.05) is 22.3 Å². The van der Waals surface area contributed by atoms with Crippen LogP contribution in [-0.4, -0.2) is 20.5 Å². The second-order valence-electron chi connectivity index (χ2n) is 6.33. The highest BCUT2D eigenvalue weighted by molar-refractivity contribution is 7.91. The number of halogens is 1. The van der Waals surface area contributed by atoms with Gasteiger partial charge >= 0.3 is 0 Å². The van der Waals surface area contributed by atoms with Crippen LogP contribution in [0.3, 0.4) is 0 Å². The minimum absolute atomic E-state index is 0.0828. The summed E-state index contributed by atoms with van der Waals surface area (Å²) in [4.78, 5) is 4.65. The van der Waals surface area contributed by atoms with Crippen molar-refractivity contribution in [3.05, 3.63) is 84.0 Å². The van der Waals surface area contributed by atoms with Gasteiger partial charge < -0.3 is 10.1 Å². The third-order valence-electron chi connectivity index (χ3n) is 4.50. The maximum absolute atomic E-state index is 13.4. The molecule has 0 aliphatic rings. The SMILES string of the molecule is COc1ccc2ncc(S(=O)(=O)c3ccccc3)c(Nc3ccc(Cl)cc3)c2c1. The second kappa shape index (κ2) is 7.73. The van der Waals surface area contributed by atoms with E-state index in [0.29, 0.717) is 33.0 Å². The van der Waals surface area contributed by atoms with Crippen molar-refractivity contribution in [2.75, 3.05) is 12.4 Å². The number of aromatic nitrogens is 1. The molecule has 0 aliphatic heterocycles. The van der Waals surface area contributed by atoms with Crippen molar-refractivity contribution in [2.45, 2.75) is 9.79 Å². The minimum Gasteiger partial charge on any atom is -0.497 e. The summed E-state index contributed by atoms with van der Waals surface area (Å²) in [6.45, 7) is 0. The Kier molecular flexibility index (Phi) is 5.13. The molecule has 29 heavy (non-hydrogen) atoms. The quantitative estimate of drug-likeness (QED) is 0.460. The Balaban J connectivity index is 1.97. The topological polar surface area (TPSA) is 68.3 Å². The molecular weight excluding hydrogens is 408 g/mol. The molecule has 0 spiro atoms. The highest BCUT2D eigenvalue weighted by atomic mass is 35.5. The van der Waals surface area contributed by atoms with Crippen molar-refractivity contribution >= 4 is 43.7 Å². The van der Waals surface area contributed by atoms with E-state index in [2.05, 4.69) is 10.3 Å². The van der Waals surface area contributed by atoms with Crippen LogP contribution in [0.5, 0.6) is 5.75 Å². The largest absolute Gasteiger partial charge is 0.497 e. The van der Waals surface area contributed by atoms with Gasteiger partial charge in [0.1, 0.15) is 10.6 Å². The van der Waals surface area contributed by atoms with Gasteiger partial charge in [-0.2, -0.15) is 0 Å². The first kappa shape index (κ1) is 19.2. The molecule has 0 fully saturated rings. The van der Waals surface area contributed by atoms with Crippen LogP contribution in [0.15, 0.2) is 88.8 Å². The molecule has 0 bridgehead atoms. The summed E-state index contributed by atoms with van der Waals surface area (Å²) >= 11 is 5.98. The smallest absolute Gasteiger partial charge is 0.210 e. The van der Waals surface area contributed by atoms with Crippen LogP contribution >= 0.6 is 11.6 Å². The summed E-state index contributed by atoms with van der Waals surface area (Å²) in [6, 6.07) is 20.7. The van der Waals surface area contributed by atoms with E-state index in [9.17, 15) is 8.42 Å². The van der Waals surface area contributed by atoms with Gasteiger partial charge in [0.15, 0.2) is 0 Å².